The Morgan fingerprint density at radius 3 is 2.37 bits per heavy atom. The van der Waals surface area contributed by atoms with Crippen molar-refractivity contribution in [3.63, 3.8) is 0 Å². The Bertz CT molecular complexity index is 2370. The molecule has 4 nitrogen and oxygen atoms in total. The maximum Gasteiger partial charge on any atom is 0.156 e. The van der Waals surface area contributed by atoms with E-state index in [1.54, 1.807) is 0 Å². The number of rotatable bonds is 2. The normalized spacial score (nSPS) is 15.0. The monoisotopic (exact) mass is 526 g/mol. The van der Waals surface area contributed by atoms with Crippen molar-refractivity contribution >= 4 is 60.6 Å². The van der Waals surface area contributed by atoms with Gasteiger partial charge in [-0.2, -0.15) is 0 Å². The lowest BCUT2D eigenvalue weighted by molar-refractivity contribution is 0.773. The fourth-order valence-electron chi connectivity index (χ4n) is 6.97. The summed E-state index contributed by atoms with van der Waals surface area (Å²) in [5, 5.41) is 6.27. The minimum absolute atomic E-state index is 0.488. The van der Waals surface area contributed by atoms with Crippen molar-refractivity contribution in [3.8, 4) is 11.5 Å². The van der Waals surface area contributed by atoms with Crippen molar-refractivity contribution in [3.05, 3.63) is 127 Å². The highest BCUT2D eigenvalue weighted by Crippen LogP contribution is 2.42. The molecule has 9 rings (SSSR count). The zero-order chi connectivity index (χ0) is 27.1. The molecule has 194 valence electrons. The smallest absolute Gasteiger partial charge is 0.156 e. The van der Waals surface area contributed by atoms with Crippen LogP contribution < -0.4 is 0 Å². The fourth-order valence-corrected chi connectivity index (χ4v) is 6.97. The van der Waals surface area contributed by atoms with Crippen LogP contribution in [0.1, 0.15) is 30.5 Å². The highest BCUT2D eigenvalue weighted by atomic mass is 15.1. The summed E-state index contributed by atoms with van der Waals surface area (Å²) in [7, 11) is 0. The highest BCUT2D eigenvalue weighted by molar-refractivity contribution is 6.21. The molecular formula is C37H26N4. The Hall–Kier alpha value is -5.22. The molecule has 1 atom stereocenters. The summed E-state index contributed by atoms with van der Waals surface area (Å²) in [6.45, 7) is 2.34. The van der Waals surface area contributed by atoms with Gasteiger partial charge in [-0.3, -0.25) is 9.55 Å². The van der Waals surface area contributed by atoms with Crippen molar-refractivity contribution in [2.24, 2.45) is 0 Å². The number of hydrogen-bond donors (Lipinski definition) is 0. The van der Waals surface area contributed by atoms with Crippen LogP contribution in [0.3, 0.4) is 0 Å². The van der Waals surface area contributed by atoms with Gasteiger partial charge in [0.25, 0.3) is 0 Å². The minimum Gasteiger partial charge on any atom is -0.310 e. The van der Waals surface area contributed by atoms with Gasteiger partial charge in [-0.25, -0.2) is 4.98 Å². The molecule has 0 fully saturated rings. The van der Waals surface area contributed by atoms with Crippen molar-refractivity contribution in [1.82, 2.24) is 19.1 Å². The molecular weight excluding hydrogens is 500 g/mol. The van der Waals surface area contributed by atoms with E-state index in [-0.39, 0.29) is 0 Å². The first-order chi connectivity index (χ1) is 20.3. The Kier molecular flexibility index (Phi) is 4.62. The average Bonchev–Trinajstić information content (AvgIpc) is 3.54. The molecule has 0 saturated heterocycles. The lowest BCUT2D eigenvalue weighted by atomic mass is 9.91. The molecule has 41 heavy (non-hydrogen) atoms. The largest absolute Gasteiger partial charge is 0.310 e. The van der Waals surface area contributed by atoms with Gasteiger partial charge in [0.2, 0.25) is 0 Å². The Labute approximate surface area is 236 Å². The van der Waals surface area contributed by atoms with Gasteiger partial charge >= 0.3 is 0 Å². The molecule has 0 aliphatic heterocycles. The van der Waals surface area contributed by atoms with Crippen LogP contribution in [0.25, 0.3) is 72.1 Å². The van der Waals surface area contributed by atoms with E-state index in [2.05, 4.69) is 107 Å². The van der Waals surface area contributed by atoms with Gasteiger partial charge in [0.05, 0.1) is 33.8 Å². The van der Waals surface area contributed by atoms with Crippen LogP contribution in [0.4, 0.5) is 0 Å². The first-order valence-electron chi connectivity index (χ1n) is 14.2. The molecule has 4 heteroatoms. The van der Waals surface area contributed by atoms with Crippen LogP contribution >= 0.6 is 0 Å². The van der Waals surface area contributed by atoms with Gasteiger partial charge in [-0.15, -0.1) is 0 Å². The topological polar surface area (TPSA) is 35.6 Å². The molecule has 0 N–H and O–H groups in total. The van der Waals surface area contributed by atoms with E-state index < -0.39 is 0 Å². The predicted octanol–water partition coefficient (Wildman–Crippen LogP) is 9.34. The van der Waals surface area contributed by atoms with Crippen LogP contribution in [0.15, 0.2) is 115 Å². The number of fused-ring (bicyclic) bond motifs is 9. The summed E-state index contributed by atoms with van der Waals surface area (Å²) >= 11 is 0. The maximum absolute atomic E-state index is 5.06. The van der Waals surface area contributed by atoms with Crippen molar-refractivity contribution in [1.29, 1.82) is 0 Å². The SMILES string of the molecule is CC1CC=Cc2c1c1ccccc1n2-c1ccc2c(c1)c1c3ccccc3ccc1n2-c1cnc2ccccc2n1. The lowest BCUT2D eigenvalue weighted by Gasteiger charge is -2.17. The van der Waals surface area contributed by atoms with Crippen molar-refractivity contribution in [2.45, 2.75) is 19.3 Å². The Morgan fingerprint density at radius 2 is 1.44 bits per heavy atom. The van der Waals surface area contributed by atoms with Crippen molar-refractivity contribution in [2.75, 3.05) is 0 Å². The summed E-state index contributed by atoms with van der Waals surface area (Å²) in [4.78, 5) is 9.83. The maximum atomic E-state index is 5.06. The van der Waals surface area contributed by atoms with Crippen LogP contribution in [0.5, 0.6) is 0 Å². The standard InChI is InChI=1S/C37H26N4/c1-23-9-8-16-33-36(23)27-12-4-7-15-31(27)40(33)25-18-20-32-28(21-25)37-26-11-3-2-10-24(26)17-19-34(37)41(32)35-22-38-29-13-5-6-14-30(29)39-35/h2-8,10-23H,9H2,1H3. The Morgan fingerprint density at radius 1 is 0.683 bits per heavy atom. The first kappa shape index (κ1) is 22.6. The summed E-state index contributed by atoms with van der Waals surface area (Å²) in [5.41, 5.74) is 9.21. The zero-order valence-electron chi connectivity index (χ0n) is 22.6. The first-order valence-corrected chi connectivity index (χ1v) is 14.2. The number of benzene rings is 5. The molecule has 1 unspecified atom stereocenters. The third-order valence-electron chi connectivity index (χ3n) is 8.77. The van der Waals surface area contributed by atoms with Crippen molar-refractivity contribution < 1.29 is 0 Å². The van der Waals surface area contributed by atoms with Crippen LogP contribution in [-0.2, 0) is 0 Å². The van der Waals surface area contributed by atoms with Crippen LogP contribution in [0, 0.1) is 0 Å². The highest BCUT2D eigenvalue weighted by Gasteiger charge is 2.24. The lowest BCUT2D eigenvalue weighted by Crippen LogP contribution is -2.03. The molecule has 0 radical (unpaired) electrons. The van der Waals surface area contributed by atoms with Crippen LogP contribution in [-0.4, -0.2) is 19.1 Å². The summed E-state index contributed by atoms with van der Waals surface area (Å²) in [5.74, 6) is 1.31. The molecule has 1 aliphatic rings. The van der Waals surface area contributed by atoms with Gasteiger partial charge in [0.15, 0.2) is 5.82 Å². The van der Waals surface area contributed by atoms with E-state index in [0.717, 1.165) is 34.3 Å². The van der Waals surface area contributed by atoms with E-state index in [4.69, 9.17) is 9.97 Å². The molecule has 5 aromatic carbocycles. The number of para-hydroxylation sites is 3. The average molecular weight is 527 g/mol. The third kappa shape index (κ3) is 3.16. The molecule has 0 saturated carbocycles. The number of aromatic nitrogens is 4. The van der Waals surface area contributed by atoms with E-state index >= 15 is 0 Å². The van der Waals surface area contributed by atoms with Gasteiger partial charge < -0.3 is 4.57 Å². The van der Waals surface area contributed by atoms with E-state index in [0.29, 0.717) is 5.92 Å². The number of allylic oxidation sites excluding steroid dienone is 1. The predicted molar refractivity (Wildman–Crippen MR) is 170 cm³/mol. The van der Waals surface area contributed by atoms with Crippen LogP contribution in [0.2, 0.25) is 0 Å². The van der Waals surface area contributed by atoms with Gasteiger partial charge in [0.1, 0.15) is 0 Å². The molecule has 3 aromatic heterocycles. The van der Waals surface area contributed by atoms with E-state index in [1.165, 1.54) is 49.4 Å². The second-order valence-corrected chi connectivity index (χ2v) is 11.1. The van der Waals surface area contributed by atoms with Gasteiger partial charge in [-0.1, -0.05) is 73.7 Å². The van der Waals surface area contributed by atoms with E-state index in [9.17, 15) is 0 Å². The van der Waals surface area contributed by atoms with Gasteiger partial charge in [0, 0.05) is 27.5 Å². The zero-order valence-corrected chi connectivity index (χ0v) is 22.6. The molecule has 0 bridgehead atoms. The van der Waals surface area contributed by atoms with Gasteiger partial charge in [-0.05, 0) is 77.2 Å². The Balaban J connectivity index is 1.40. The minimum atomic E-state index is 0.488. The summed E-state index contributed by atoms with van der Waals surface area (Å²) in [6, 6.07) is 36.9. The van der Waals surface area contributed by atoms with E-state index in [1.807, 2.05) is 30.5 Å². The second kappa shape index (κ2) is 8.39. The second-order valence-electron chi connectivity index (χ2n) is 11.1. The summed E-state index contributed by atoms with van der Waals surface area (Å²) < 4.78 is 4.71. The molecule has 0 spiro atoms. The fraction of sp³-hybridized carbons (Fsp3) is 0.0811. The quantitative estimate of drug-likeness (QED) is 0.225. The third-order valence-corrected chi connectivity index (χ3v) is 8.77. The summed E-state index contributed by atoms with van der Waals surface area (Å²) in [6.07, 6.45) is 7.60. The molecule has 0 amide bonds. The number of nitrogens with zero attached hydrogens (tertiary/aromatic N) is 4. The number of hydrogen-bond acceptors (Lipinski definition) is 2. The molecule has 1 aliphatic carbocycles. The molecule has 3 heterocycles. The molecule has 8 aromatic rings.